The van der Waals surface area contributed by atoms with Gasteiger partial charge in [-0.3, -0.25) is 20.2 Å². The van der Waals surface area contributed by atoms with Crippen molar-refractivity contribution >= 4 is 17.8 Å². The Hall–Kier alpha value is -2.37. The Morgan fingerprint density at radius 2 is 1.71 bits per heavy atom. The van der Waals surface area contributed by atoms with Gasteiger partial charge in [-0.25, -0.2) is 4.99 Å². The van der Waals surface area contributed by atoms with E-state index in [1.807, 2.05) is 24.3 Å². The van der Waals surface area contributed by atoms with Gasteiger partial charge in [0.2, 0.25) is 5.96 Å². The first kappa shape index (κ1) is 11.1. The quantitative estimate of drug-likeness (QED) is 0.709. The number of amides is 2. The molecule has 2 rings (SSSR count). The SMILES string of the molecule is COc1ccc(CN=C2NC(=O)C(=O)N2)cc1. The predicted molar refractivity (Wildman–Crippen MR) is 60.4 cm³/mol. The number of carbonyl (C=O) groups is 2. The average Bonchev–Trinajstić information content (AvgIpc) is 2.67. The van der Waals surface area contributed by atoms with Crippen LogP contribution in [0.2, 0.25) is 0 Å². The van der Waals surface area contributed by atoms with E-state index in [2.05, 4.69) is 15.6 Å². The number of nitrogens with zero attached hydrogens (tertiary/aromatic N) is 1. The van der Waals surface area contributed by atoms with Crippen LogP contribution in [-0.4, -0.2) is 24.9 Å². The van der Waals surface area contributed by atoms with Crippen LogP contribution < -0.4 is 15.4 Å². The minimum Gasteiger partial charge on any atom is -0.497 e. The molecular formula is C11H11N3O3. The molecule has 2 amide bonds. The van der Waals surface area contributed by atoms with E-state index < -0.39 is 11.8 Å². The smallest absolute Gasteiger partial charge is 0.316 e. The number of carbonyl (C=O) groups excluding carboxylic acids is 2. The van der Waals surface area contributed by atoms with Crippen LogP contribution in [0.25, 0.3) is 0 Å². The highest BCUT2D eigenvalue weighted by Crippen LogP contribution is 2.11. The third-order valence-corrected chi connectivity index (χ3v) is 2.25. The van der Waals surface area contributed by atoms with Crippen molar-refractivity contribution in [1.82, 2.24) is 10.6 Å². The summed E-state index contributed by atoms with van der Waals surface area (Å²) in [5.74, 6) is -0.406. The number of rotatable bonds is 3. The van der Waals surface area contributed by atoms with Gasteiger partial charge in [-0.1, -0.05) is 12.1 Å². The highest BCUT2D eigenvalue weighted by molar-refractivity contribution is 6.45. The molecule has 1 aromatic carbocycles. The first-order chi connectivity index (χ1) is 8.19. The molecule has 88 valence electrons. The van der Waals surface area contributed by atoms with Gasteiger partial charge in [-0.15, -0.1) is 0 Å². The molecule has 6 heteroatoms. The Kier molecular flexibility index (Phi) is 3.04. The Morgan fingerprint density at radius 1 is 1.12 bits per heavy atom. The molecule has 0 bridgehead atoms. The van der Waals surface area contributed by atoms with Crippen molar-refractivity contribution in [3.8, 4) is 5.75 Å². The van der Waals surface area contributed by atoms with Gasteiger partial charge >= 0.3 is 11.8 Å². The predicted octanol–water partition coefficient (Wildman–Crippen LogP) is -0.203. The molecule has 0 aliphatic carbocycles. The zero-order valence-electron chi connectivity index (χ0n) is 9.19. The maximum atomic E-state index is 10.9. The van der Waals surface area contributed by atoms with Crippen molar-refractivity contribution in [1.29, 1.82) is 0 Å². The van der Waals surface area contributed by atoms with Gasteiger partial charge < -0.3 is 4.74 Å². The van der Waals surface area contributed by atoms with Gasteiger partial charge in [-0.2, -0.15) is 0 Å². The normalized spacial score (nSPS) is 14.3. The minimum absolute atomic E-state index is 0.191. The second-order valence-electron chi connectivity index (χ2n) is 3.42. The second kappa shape index (κ2) is 4.65. The van der Waals surface area contributed by atoms with Crippen LogP contribution in [0.5, 0.6) is 5.75 Å². The fourth-order valence-electron chi connectivity index (χ4n) is 1.34. The van der Waals surface area contributed by atoms with Crippen molar-refractivity contribution in [3.63, 3.8) is 0 Å². The van der Waals surface area contributed by atoms with Crippen LogP contribution in [0.1, 0.15) is 5.56 Å². The summed E-state index contributed by atoms with van der Waals surface area (Å²) in [7, 11) is 1.60. The van der Waals surface area contributed by atoms with Gasteiger partial charge in [0.1, 0.15) is 5.75 Å². The highest BCUT2D eigenvalue weighted by Gasteiger charge is 2.24. The standard InChI is InChI=1S/C11H11N3O3/c1-17-8-4-2-7(3-5-8)6-12-11-13-9(15)10(16)14-11/h2-5H,6H2,1H3,(H2,12,13,14,15,16). The van der Waals surface area contributed by atoms with E-state index >= 15 is 0 Å². The minimum atomic E-state index is -0.682. The first-order valence-electron chi connectivity index (χ1n) is 4.99. The molecule has 17 heavy (non-hydrogen) atoms. The Morgan fingerprint density at radius 3 is 2.24 bits per heavy atom. The van der Waals surface area contributed by atoms with Gasteiger partial charge in [0.05, 0.1) is 13.7 Å². The van der Waals surface area contributed by atoms with Crippen LogP contribution in [0.15, 0.2) is 29.3 Å². The zero-order chi connectivity index (χ0) is 12.3. The number of benzene rings is 1. The van der Waals surface area contributed by atoms with Crippen molar-refractivity contribution in [2.45, 2.75) is 6.54 Å². The molecule has 1 aliphatic rings. The van der Waals surface area contributed by atoms with Crippen LogP contribution >= 0.6 is 0 Å². The number of aliphatic imine (C=N–C) groups is 1. The molecule has 0 radical (unpaired) electrons. The summed E-state index contributed by atoms with van der Waals surface area (Å²) in [6.45, 7) is 0.375. The van der Waals surface area contributed by atoms with E-state index in [-0.39, 0.29) is 5.96 Å². The summed E-state index contributed by atoms with van der Waals surface area (Å²) in [6.07, 6.45) is 0. The zero-order valence-corrected chi connectivity index (χ0v) is 9.19. The summed E-state index contributed by atoms with van der Waals surface area (Å²) in [5, 5.41) is 4.64. The molecule has 2 N–H and O–H groups in total. The molecule has 1 saturated heterocycles. The lowest BCUT2D eigenvalue weighted by Crippen LogP contribution is -2.25. The van der Waals surface area contributed by atoms with Gasteiger partial charge in [-0.05, 0) is 17.7 Å². The molecule has 0 unspecified atom stereocenters. The maximum Gasteiger partial charge on any atom is 0.316 e. The highest BCUT2D eigenvalue weighted by atomic mass is 16.5. The van der Waals surface area contributed by atoms with Crippen LogP contribution in [0.4, 0.5) is 0 Å². The lowest BCUT2D eigenvalue weighted by atomic mass is 10.2. The van der Waals surface area contributed by atoms with Gasteiger partial charge in [0.25, 0.3) is 0 Å². The maximum absolute atomic E-state index is 10.9. The fourth-order valence-corrected chi connectivity index (χ4v) is 1.34. The van der Waals surface area contributed by atoms with Crippen LogP contribution in [-0.2, 0) is 16.1 Å². The lowest BCUT2D eigenvalue weighted by Gasteiger charge is -2.01. The Bertz CT molecular complexity index is 461. The summed E-state index contributed by atoms with van der Waals surface area (Å²) in [6, 6.07) is 7.37. The van der Waals surface area contributed by atoms with Gasteiger partial charge in [0, 0.05) is 0 Å². The van der Waals surface area contributed by atoms with E-state index in [9.17, 15) is 9.59 Å². The number of hydrogen-bond acceptors (Lipinski definition) is 4. The van der Waals surface area contributed by atoms with Crippen LogP contribution in [0.3, 0.4) is 0 Å². The van der Waals surface area contributed by atoms with Crippen molar-refractivity contribution in [3.05, 3.63) is 29.8 Å². The van der Waals surface area contributed by atoms with Crippen molar-refractivity contribution in [2.75, 3.05) is 7.11 Å². The van der Waals surface area contributed by atoms with Gasteiger partial charge in [0.15, 0.2) is 0 Å². The Labute approximate surface area is 97.7 Å². The summed E-state index contributed by atoms with van der Waals surface area (Å²) >= 11 is 0. The molecule has 6 nitrogen and oxygen atoms in total. The number of ether oxygens (including phenoxy) is 1. The van der Waals surface area contributed by atoms with E-state index in [4.69, 9.17) is 4.74 Å². The van der Waals surface area contributed by atoms with Crippen molar-refractivity contribution in [2.24, 2.45) is 4.99 Å². The summed E-state index contributed by atoms with van der Waals surface area (Å²) < 4.78 is 5.03. The number of hydrogen-bond donors (Lipinski definition) is 2. The molecule has 0 saturated carbocycles. The van der Waals surface area contributed by atoms with E-state index in [1.54, 1.807) is 7.11 Å². The van der Waals surface area contributed by atoms with Crippen molar-refractivity contribution < 1.29 is 14.3 Å². The largest absolute Gasteiger partial charge is 0.497 e. The lowest BCUT2D eigenvalue weighted by molar-refractivity contribution is -0.135. The molecule has 0 spiro atoms. The first-order valence-corrected chi connectivity index (χ1v) is 4.99. The summed E-state index contributed by atoms with van der Waals surface area (Å²) in [5.41, 5.74) is 0.952. The van der Waals surface area contributed by atoms with E-state index in [0.29, 0.717) is 6.54 Å². The van der Waals surface area contributed by atoms with E-state index in [0.717, 1.165) is 11.3 Å². The average molecular weight is 233 g/mol. The monoisotopic (exact) mass is 233 g/mol. The molecule has 0 atom stereocenters. The fraction of sp³-hybridized carbons (Fsp3) is 0.182. The molecule has 1 heterocycles. The third kappa shape index (κ3) is 2.60. The Balaban J connectivity index is 2.00. The topological polar surface area (TPSA) is 79.8 Å². The molecule has 1 aromatic rings. The molecule has 1 aliphatic heterocycles. The number of nitrogens with one attached hydrogen (secondary N) is 2. The summed E-state index contributed by atoms with van der Waals surface area (Å²) in [4.78, 5) is 25.8. The van der Waals surface area contributed by atoms with E-state index in [1.165, 1.54) is 0 Å². The third-order valence-electron chi connectivity index (χ3n) is 2.25. The molecule has 0 aromatic heterocycles. The number of guanidine groups is 1. The second-order valence-corrected chi connectivity index (χ2v) is 3.42. The molecule has 1 fully saturated rings. The molecular weight excluding hydrogens is 222 g/mol. The number of methoxy groups -OCH3 is 1. The van der Waals surface area contributed by atoms with Crippen LogP contribution in [0, 0.1) is 0 Å².